The summed E-state index contributed by atoms with van der Waals surface area (Å²) in [5.41, 5.74) is 3.70. The number of rotatable bonds is 9. The first kappa shape index (κ1) is 20.5. The smallest absolute Gasteiger partial charge is 0.129 e. The molecule has 2 atom stereocenters. The number of pyridine rings is 1. The van der Waals surface area contributed by atoms with Gasteiger partial charge in [0.1, 0.15) is 16.5 Å². The van der Waals surface area contributed by atoms with Crippen LogP contribution < -0.4 is 0 Å². The summed E-state index contributed by atoms with van der Waals surface area (Å²) in [4.78, 5) is 4.41. The highest BCUT2D eigenvalue weighted by atomic mass is 35.5. The molecule has 0 bridgehead atoms. The van der Waals surface area contributed by atoms with Gasteiger partial charge < -0.3 is 4.74 Å². The van der Waals surface area contributed by atoms with Gasteiger partial charge in [-0.05, 0) is 87.0 Å². The molecule has 148 valence electrons. The number of nitrogens with zero attached hydrogens (tertiary/aromatic N) is 1. The SMILES string of the molecule is C/C=C(\c1cc(Cl)ncc1/C(=C/CC)OC1(C)CC1)C(C(C)CC)C1CC1. The van der Waals surface area contributed by atoms with Crippen molar-refractivity contribution in [2.75, 3.05) is 0 Å². The number of allylic oxidation sites excluding steroid dienone is 3. The summed E-state index contributed by atoms with van der Waals surface area (Å²) in [5, 5.41) is 0.556. The summed E-state index contributed by atoms with van der Waals surface area (Å²) < 4.78 is 6.44. The fourth-order valence-electron chi connectivity index (χ4n) is 4.06. The lowest BCUT2D eigenvalue weighted by molar-refractivity contribution is 0.162. The zero-order valence-electron chi connectivity index (χ0n) is 17.5. The summed E-state index contributed by atoms with van der Waals surface area (Å²) in [7, 11) is 0. The average molecular weight is 388 g/mol. The second-order valence-corrected chi connectivity index (χ2v) is 8.96. The lowest BCUT2D eigenvalue weighted by Gasteiger charge is -2.28. The van der Waals surface area contributed by atoms with Gasteiger partial charge in [-0.25, -0.2) is 4.98 Å². The van der Waals surface area contributed by atoms with Gasteiger partial charge in [0.15, 0.2) is 0 Å². The van der Waals surface area contributed by atoms with Crippen molar-refractivity contribution in [1.82, 2.24) is 4.98 Å². The van der Waals surface area contributed by atoms with E-state index < -0.39 is 0 Å². The van der Waals surface area contributed by atoms with Gasteiger partial charge in [-0.3, -0.25) is 0 Å². The Morgan fingerprint density at radius 1 is 1.33 bits per heavy atom. The van der Waals surface area contributed by atoms with Crippen molar-refractivity contribution >= 4 is 22.9 Å². The van der Waals surface area contributed by atoms with Crippen LogP contribution in [0.4, 0.5) is 0 Å². The number of hydrogen-bond donors (Lipinski definition) is 0. The van der Waals surface area contributed by atoms with E-state index in [1.807, 2.05) is 12.3 Å². The van der Waals surface area contributed by atoms with Gasteiger partial charge >= 0.3 is 0 Å². The maximum absolute atomic E-state index is 6.44. The summed E-state index contributed by atoms with van der Waals surface area (Å²) in [6, 6.07) is 2.05. The second kappa shape index (κ2) is 8.39. The Morgan fingerprint density at radius 2 is 2.04 bits per heavy atom. The molecule has 2 saturated carbocycles. The Bertz CT molecular complexity index is 728. The largest absolute Gasteiger partial charge is 0.487 e. The van der Waals surface area contributed by atoms with Crippen LogP contribution in [0.25, 0.3) is 11.3 Å². The van der Waals surface area contributed by atoms with E-state index in [2.05, 4.69) is 51.8 Å². The van der Waals surface area contributed by atoms with E-state index in [9.17, 15) is 0 Å². The molecule has 2 nitrogen and oxygen atoms in total. The van der Waals surface area contributed by atoms with E-state index in [4.69, 9.17) is 16.3 Å². The minimum Gasteiger partial charge on any atom is -0.487 e. The van der Waals surface area contributed by atoms with E-state index >= 15 is 0 Å². The molecule has 2 aliphatic rings. The van der Waals surface area contributed by atoms with Gasteiger partial charge in [0.05, 0.1) is 0 Å². The van der Waals surface area contributed by atoms with Crippen molar-refractivity contribution in [3.63, 3.8) is 0 Å². The molecule has 2 aliphatic carbocycles. The third kappa shape index (κ3) is 4.77. The Labute approximate surface area is 170 Å². The van der Waals surface area contributed by atoms with Crippen molar-refractivity contribution < 1.29 is 4.74 Å². The molecular formula is C24H34ClNO. The highest BCUT2D eigenvalue weighted by molar-refractivity contribution is 6.29. The monoisotopic (exact) mass is 387 g/mol. The molecule has 0 N–H and O–H groups in total. The fraction of sp³-hybridized carbons (Fsp3) is 0.625. The third-order valence-electron chi connectivity index (χ3n) is 6.20. The van der Waals surface area contributed by atoms with Crippen molar-refractivity contribution in [2.24, 2.45) is 17.8 Å². The number of halogens is 1. The van der Waals surface area contributed by atoms with Gasteiger partial charge in [-0.15, -0.1) is 0 Å². The van der Waals surface area contributed by atoms with E-state index in [-0.39, 0.29) is 5.60 Å². The highest BCUT2D eigenvalue weighted by Crippen LogP contribution is 2.50. The molecule has 1 heterocycles. The van der Waals surface area contributed by atoms with Crippen LogP contribution in [0.5, 0.6) is 0 Å². The molecule has 0 saturated heterocycles. The summed E-state index contributed by atoms with van der Waals surface area (Å²) >= 11 is 6.36. The topological polar surface area (TPSA) is 22.1 Å². The highest BCUT2D eigenvalue weighted by Gasteiger charge is 2.41. The van der Waals surface area contributed by atoms with Gasteiger partial charge in [-0.2, -0.15) is 0 Å². The molecule has 3 rings (SSSR count). The minimum atomic E-state index is -0.0133. The summed E-state index contributed by atoms with van der Waals surface area (Å²) in [6.45, 7) is 11.2. The van der Waals surface area contributed by atoms with Crippen LogP contribution in [-0.4, -0.2) is 10.6 Å². The zero-order valence-corrected chi connectivity index (χ0v) is 18.3. The Balaban J connectivity index is 2.05. The van der Waals surface area contributed by atoms with Crippen LogP contribution in [0.3, 0.4) is 0 Å². The molecule has 0 amide bonds. The zero-order chi connectivity index (χ0) is 19.6. The minimum absolute atomic E-state index is 0.0133. The molecule has 2 unspecified atom stereocenters. The maximum Gasteiger partial charge on any atom is 0.129 e. The van der Waals surface area contributed by atoms with E-state index in [0.29, 0.717) is 17.0 Å². The lowest BCUT2D eigenvalue weighted by atomic mass is 9.77. The molecule has 0 aromatic carbocycles. The number of hydrogen-bond acceptors (Lipinski definition) is 2. The molecule has 2 fully saturated rings. The number of aromatic nitrogens is 1. The van der Waals surface area contributed by atoms with Crippen LogP contribution in [-0.2, 0) is 4.74 Å². The fourth-order valence-corrected chi connectivity index (χ4v) is 4.22. The Hall–Kier alpha value is -1.28. The first-order valence-electron chi connectivity index (χ1n) is 10.6. The van der Waals surface area contributed by atoms with Crippen LogP contribution in [0.2, 0.25) is 5.15 Å². The van der Waals surface area contributed by atoms with Crippen LogP contribution >= 0.6 is 11.6 Å². The standard InChI is InChI=1S/C24H34ClNO/c1-6-9-21(27-24(5)12-13-24)20-15-26-22(25)14-19(20)18(8-3)23(16(4)7-2)17-10-11-17/h8-9,14-17,23H,6-7,10-13H2,1-5H3/b18-8+,21-9-. The van der Waals surface area contributed by atoms with Crippen LogP contribution in [0, 0.1) is 17.8 Å². The van der Waals surface area contributed by atoms with Crippen LogP contribution in [0.15, 0.2) is 24.4 Å². The van der Waals surface area contributed by atoms with Crippen molar-refractivity contribution in [2.45, 2.75) is 78.7 Å². The number of ether oxygens (including phenoxy) is 1. The van der Waals surface area contributed by atoms with E-state index in [1.165, 1.54) is 30.4 Å². The average Bonchev–Trinajstić information content (AvgIpc) is 3.57. The van der Waals surface area contributed by atoms with Crippen LogP contribution in [0.1, 0.15) is 84.3 Å². The molecule has 0 radical (unpaired) electrons. The molecule has 3 heteroatoms. The molecule has 0 aliphatic heterocycles. The normalized spacial score (nSPS) is 21.7. The van der Waals surface area contributed by atoms with E-state index in [1.54, 1.807) is 0 Å². The van der Waals surface area contributed by atoms with Gasteiger partial charge in [0.2, 0.25) is 0 Å². The molecule has 27 heavy (non-hydrogen) atoms. The Morgan fingerprint density at radius 3 is 2.56 bits per heavy atom. The predicted molar refractivity (Wildman–Crippen MR) is 116 cm³/mol. The molecule has 1 aromatic heterocycles. The van der Waals surface area contributed by atoms with Crippen molar-refractivity contribution in [1.29, 1.82) is 0 Å². The van der Waals surface area contributed by atoms with Crippen molar-refractivity contribution in [3.05, 3.63) is 40.7 Å². The molecule has 0 spiro atoms. The van der Waals surface area contributed by atoms with Crippen molar-refractivity contribution in [3.8, 4) is 0 Å². The first-order chi connectivity index (χ1) is 12.9. The van der Waals surface area contributed by atoms with Gasteiger partial charge in [0, 0.05) is 11.8 Å². The lowest BCUT2D eigenvalue weighted by Crippen LogP contribution is -2.17. The maximum atomic E-state index is 6.44. The molecule has 1 aromatic rings. The first-order valence-corrected chi connectivity index (χ1v) is 11.0. The summed E-state index contributed by atoms with van der Waals surface area (Å²) in [6.07, 6.45) is 13.5. The predicted octanol–water partition coefficient (Wildman–Crippen LogP) is 7.53. The van der Waals surface area contributed by atoms with Gasteiger partial charge in [-0.1, -0.05) is 44.9 Å². The Kier molecular flexibility index (Phi) is 6.35. The summed E-state index contributed by atoms with van der Waals surface area (Å²) in [5.74, 6) is 3.00. The van der Waals surface area contributed by atoms with Gasteiger partial charge in [0.25, 0.3) is 0 Å². The van der Waals surface area contributed by atoms with E-state index in [0.717, 1.165) is 36.5 Å². The third-order valence-corrected chi connectivity index (χ3v) is 6.41. The quantitative estimate of drug-likeness (QED) is 0.322. The second-order valence-electron chi connectivity index (χ2n) is 8.57. The molecular weight excluding hydrogens is 354 g/mol.